The molecule has 1 unspecified atom stereocenters. The van der Waals surface area contributed by atoms with Crippen molar-refractivity contribution in [3.63, 3.8) is 0 Å². The fourth-order valence-corrected chi connectivity index (χ4v) is 2.69. The van der Waals surface area contributed by atoms with Crippen LogP contribution in [-0.4, -0.2) is 23.5 Å². The van der Waals surface area contributed by atoms with E-state index in [-0.39, 0.29) is 17.7 Å². The van der Waals surface area contributed by atoms with E-state index < -0.39 is 0 Å². The second-order valence-electron chi connectivity index (χ2n) is 5.23. The summed E-state index contributed by atoms with van der Waals surface area (Å²) in [6, 6.07) is 5.39. The van der Waals surface area contributed by atoms with Crippen molar-refractivity contribution in [1.82, 2.24) is 5.32 Å². The predicted molar refractivity (Wildman–Crippen MR) is 80.0 cm³/mol. The van der Waals surface area contributed by atoms with E-state index in [0.29, 0.717) is 23.8 Å². The smallest absolute Gasteiger partial charge is 0.137 e. The third kappa shape index (κ3) is 6.41. The highest BCUT2D eigenvalue weighted by atomic mass is 32.2. The molecule has 0 aromatic heterocycles. The van der Waals surface area contributed by atoms with Crippen LogP contribution in [0.5, 0.6) is 0 Å². The van der Waals surface area contributed by atoms with Crippen LogP contribution in [0.2, 0.25) is 0 Å². The summed E-state index contributed by atoms with van der Waals surface area (Å²) in [6.45, 7) is 8.08. The van der Waals surface area contributed by atoms with Crippen LogP contribution in [0.25, 0.3) is 0 Å². The van der Waals surface area contributed by atoms with Gasteiger partial charge in [0, 0.05) is 23.3 Å². The van der Waals surface area contributed by atoms with Crippen molar-refractivity contribution in [2.75, 3.05) is 13.2 Å². The Morgan fingerprint density at radius 1 is 1.32 bits per heavy atom. The Balaban J connectivity index is 2.54. The predicted octanol–water partition coefficient (Wildman–Crippen LogP) is 3.43. The van der Waals surface area contributed by atoms with Gasteiger partial charge in [-0.25, -0.2) is 4.39 Å². The van der Waals surface area contributed by atoms with Crippen LogP contribution in [0.1, 0.15) is 32.8 Å². The van der Waals surface area contributed by atoms with Crippen molar-refractivity contribution < 1.29 is 9.50 Å². The molecule has 0 radical (unpaired) electrons. The number of thioether (sulfide) groups is 1. The number of benzene rings is 1. The maximum absolute atomic E-state index is 13.9. The van der Waals surface area contributed by atoms with Crippen LogP contribution in [0, 0.1) is 11.7 Å². The molecule has 1 aromatic carbocycles. The molecule has 0 amide bonds. The number of nitrogens with one attached hydrogen (secondary N) is 1. The first kappa shape index (κ1) is 16.5. The van der Waals surface area contributed by atoms with Gasteiger partial charge in [-0.05, 0) is 36.6 Å². The van der Waals surface area contributed by atoms with Crippen molar-refractivity contribution >= 4 is 11.8 Å². The van der Waals surface area contributed by atoms with Crippen LogP contribution in [0.3, 0.4) is 0 Å². The van der Waals surface area contributed by atoms with E-state index in [1.165, 1.54) is 11.8 Å². The molecule has 1 aromatic rings. The fourth-order valence-electron chi connectivity index (χ4n) is 1.71. The monoisotopic (exact) mass is 285 g/mol. The molecule has 0 bridgehead atoms. The summed E-state index contributed by atoms with van der Waals surface area (Å²) in [5.41, 5.74) is 0.970. The Kier molecular flexibility index (Phi) is 7.42. The first-order valence-electron chi connectivity index (χ1n) is 6.79. The molecule has 0 saturated heterocycles. The molecule has 0 aliphatic heterocycles. The highest BCUT2D eigenvalue weighted by Gasteiger charge is 2.09. The van der Waals surface area contributed by atoms with Gasteiger partial charge in [-0.15, -0.1) is 11.8 Å². The van der Waals surface area contributed by atoms with Gasteiger partial charge in [0.15, 0.2) is 0 Å². The molecule has 1 atom stereocenters. The summed E-state index contributed by atoms with van der Waals surface area (Å²) in [5, 5.41) is 12.4. The van der Waals surface area contributed by atoms with Crippen molar-refractivity contribution in [3.05, 3.63) is 29.6 Å². The quantitative estimate of drug-likeness (QED) is 0.718. The lowest BCUT2D eigenvalue weighted by molar-refractivity contribution is 0.289. The van der Waals surface area contributed by atoms with Crippen LogP contribution in [0.4, 0.5) is 4.39 Å². The van der Waals surface area contributed by atoms with Gasteiger partial charge in [0.05, 0.1) is 0 Å². The fraction of sp³-hybridized carbons (Fsp3) is 0.600. The lowest BCUT2D eigenvalue weighted by Gasteiger charge is -2.12. The molecular formula is C15H24FNOS. The van der Waals surface area contributed by atoms with E-state index in [4.69, 9.17) is 5.11 Å². The molecule has 0 heterocycles. The molecule has 19 heavy (non-hydrogen) atoms. The lowest BCUT2D eigenvalue weighted by Crippen LogP contribution is -2.19. The third-order valence-electron chi connectivity index (χ3n) is 2.74. The van der Waals surface area contributed by atoms with Gasteiger partial charge in [-0.1, -0.05) is 26.8 Å². The Labute approximate surface area is 119 Å². The molecule has 0 aliphatic rings. The molecule has 2 nitrogen and oxygen atoms in total. The molecule has 0 spiro atoms. The second kappa shape index (κ2) is 8.56. The third-order valence-corrected chi connectivity index (χ3v) is 3.96. The van der Waals surface area contributed by atoms with Crippen LogP contribution >= 0.6 is 11.8 Å². The Morgan fingerprint density at radius 2 is 2.05 bits per heavy atom. The summed E-state index contributed by atoms with van der Waals surface area (Å²) < 4.78 is 13.9. The van der Waals surface area contributed by atoms with Crippen molar-refractivity contribution in [1.29, 1.82) is 0 Å². The average molecular weight is 285 g/mol. The zero-order chi connectivity index (χ0) is 14.3. The van der Waals surface area contributed by atoms with Gasteiger partial charge in [0.2, 0.25) is 0 Å². The van der Waals surface area contributed by atoms with Crippen LogP contribution in [0.15, 0.2) is 23.1 Å². The largest absolute Gasteiger partial charge is 0.396 e. The molecule has 2 N–H and O–H groups in total. The number of aliphatic hydroxyl groups excluding tert-OH is 1. The Morgan fingerprint density at radius 3 is 2.63 bits per heavy atom. The molecular weight excluding hydrogens is 261 g/mol. The Bertz CT molecular complexity index is 384. The van der Waals surface area contributed by atoms with Crippen LogP contribution < -0.4 is 5.32 Å². The summed E-state index contributed by atoms with van der Waals surface area (Å²) in [6.07, 6.45) is 0.682. The Hall–Kier alpha value is -0.580. The van der Waals surface area contributed by atoms with Gasteiger partial charge >= 0.3 is 0 Å². The SMILES string of the molecule is CC(C)CNCc1ccc(SC(C)CCO)c(F)c1. The minimum absolute atomic E-state index is 0.146. The zero-order valence-corrected chi connectivity index (χ0v) is 12.8. The topological polar surface area (TPSA) is 32.3 Å². The molecule has 4 heteroatoms. The summed E-state index contributed by atoms with van der Waals surface area (Å²) in [5.74, 6) is 0.428. The van der Waals surface area contributed by atoms with Crippen molar-refractivity contribution in [2.45, 2.75) is 43.9 Å². The van der Waals surface area contributed by atoms with Gasteiger partial charge in [-0.3, -0.25) is 0 Å². The number of hydrogen-bond donors (Lipinski definition) is 2. The standard InChI is InChI=1S/C15H24FNOS/c1-11(2)9-17-10-13-4-5-15(14(16)8-13)19-12(3)6-7-18/h4-5,8,11-12,17-18H,6-7,9-10H2,1-3H3. The molecule has 108 valence electrons. The number of aliphatic hydroxyl groups is 1. The van der Waals surface area contributed by atoms with E-state index in [1.54, 1.807) is 6.07 Å². The van der Waals surface area contributed by atoms with E-state index in [0.717, 1.165) is 12.1 Å². The molecule has 0 fully saturated rings. The minimum atomic E-state index is -0.168. The number of rotatable bonds is 8. The minimum Gasteiger partial charge on any atom is -0.396 e. The maximum atomic E-state index is 13.9. The lowest BCUT2D eigenvalue weighted by atomic mass is 10.2. The first-order valence-corrected chi connectivity index (χ1v) is 7.67. The highest BCUT2D eigenvalue weighted by Crippen LogP contribution is 2.28. The zero-order valence-electron chi connectivity index (χ0n) is 11.9. The van der Waals surface area contributed by atoms with Gasteiger partial charge in [-0.2, -0.15) is 0 Å². The molecule has 0 aliphatic carbocycles. The summed E-state index contributed by atoms with van der Waals surface area (Å²) >= 11 is 1.48. The van der Waals surface area contributed by atoms with Crippen molar-refractivity contribution in [2.24, 2.45) is 5.92 Å². The van der Waals surface area contributed by atoms with E-state index in [2.05, 4.69) is 19.2 Å². The molecule has 1 rings (SSSR count). The molecule has 0 saturated carbocycles. The normalized spacial score (nSPS) is 12.9. The average Bonchev–Trinajstić information content (AvgIpc) is 2.32. The van der Waals surface area contributed by atoms with Gasteiger partial charge in [0.25, 0.3) is 0 Å². The van der Waals surface area contributed by atoms with Gasteiger partial charge < -0.3 is 10.4 Å². The van der Waals surface area contributed by atoms with Crippen molar-refractivity contribution in [3.8, 4) is 0 Å². The summed E-state index contributed by atoms with van der Waals surface area (Å²) in [7, 11) is 0. The van der Waals surface area contributed by atoms with E-state index in [9.17, 15) is 4.39 Å². The summed E-state index contributed by atoms with van der Waals surface area (Å²) in [4.78, 5) is 0.661. The second-order valence-corrected chi connectivity index (χ2v) is 6.71. The highest BCUT2D eigenvalue weighted by molar-refractivity contribution is 7.99. The number of hydrogen-bond acceptors (Lipinski definition) is 3. The van der Waals surface area contributed by atoms with E-state index in [1.807, 2.05) is 19.1 Å². The maximum Gasteiger partial charge on any atom is 0.137 e. The van der Waals surface area contributed by atoms with Gasteiger partial charge in [0.1, 0.15) is 5.82 Å². The van der Waals surface area contributed by atoms with Crippen LogP contribution in [-0.2, 0) is 6.54 Å². The number of halogens is 1. The van der Waals surface area contributed by atoms with E-state index >= 15 is 0 Å². The first-order chi connectivity index (χ1) is 9.02.